The standard InChI is InChI=1S/C18H16N2O3/c1-11-7-3-4-8-13(11)18(22)23-12(2)16-19-15-10-6-5-9-14(15)17(21)20-16/h3-10,12H,1-2H3,(H,19,20,21)/t12-/m0/s1. The van der Waals surface area contributed by atoms with E-state index in [-0.39, 0.29) is 5.56 Å². The average molecular weight is 308 g/mol. The van der Waals surface area contributed by atoms with Gasteiger partial charge >= 0.3 is 5.97 Å². The quantitative estimate of drug-likeness (QED) is 0.754. The van der Waals surface area contributed by atoms with Crippen molar-refractivity contribution in [2.45, 2.75) is 20.0 Å². The summed E-state index contributed by atoms with van der Waals surface area (Å²) in [6.07, 6.45) is -0.653. The predicted molar refractivity (Wildman–Crippen MR) is 87.4 cm³/mol. The van der Waals surface area contributed by atoms with Gasteiger partial charge < -0.3 is 9.72 Å². The number of esters is 1. The third-order valence-corrected chi connectivity index (χ3v) is 3.67. The van der Waals surface area contributed by atoms with E-state index in [0.717, 1.165) is 5.56 Å². The first-order valence-corrected chi connectivity index (χ1v) is 7.32. The van der Waals surface area contributed by atoms with Crippen molar-refractivity contribution in [3.63, 3.8) is 0 Å². The van der Waals surface area contributed by atoms with E-state index in [4.69, 9.17) is 4.74 Å². The number of hydrogen-bond donors (Lipinski definition) is 1. The van der Waals surface area contributed by atoms with Gasteiger partial charge in [0, 0.05) is 0 Å². The molecule has 0 unspecified atom stereocenters. The normalized spacial score (nSPS) is 12.1. The molecule has 1 heterocycles. The van der Waals surface area contributed by atoms with Crippen molar-refractivity contribution in [2.75, 3.05) is 0 Å². The highest BCUT2D eigenvalue weighted by molar-refractivity contribution is 5.91. The molecule has 0 aliphatic rings. The second-order valence-electron chi connectivity index (χ2n) is 5.33. The van der Waals surface area contributed by atoms with Crippen LogP contribution in [0.2, 0.25) is 0 Å². The summed E-state index contributed by atoms with van der Waals surface area (Å²) in [4.78, 5) is 31.4. The van der Waals surface area contributed by atoms with Crippen LogP contribution in [0.1, 0.15) is 34.8 Å². The van der Waals surface area contributed by atoms with Gasteiger partial charge in [0.15, 0.2) is 11.9 Å². The van der Waals surface area contributed by atoms with E-state index in [2.05, 4.69) is 9.97 Å². The largest absolute Gasteiger partial charge is 0.451 e. The monoisotopic (exact) mass is 308 g/mol. The lowest BCUT2D eigenvalue weighted by atomic mass is 10.1. The number of rotatable bonds is 3. The van der Waals surface area contributed by atoms with Crippen LogP contribution in [0.25, 0.3) is 10.9 Å². The molecule has 1 atom stereocenters. The number of aromatic amines is 1. The summed E-state index contributed by atoms with van der Waals surface area (Å²) < 4.78 is 5.44. The smallest absolute Gasteiger partial charge is 0.339 e. The molecule has 0 saturated carbocycles. The minimum absolute atomic E-state index is 0.246. The van der Waals surface area contributed by atoms with Gasteiger partial charge in [-0.25, -0.2) is 9.78 Å². The van der Waals surface area contributed by atoms with Crippen molar-refractivity contribution in [3.05, 3.63) is 75.8 Å². The molecule has 5 nitrogen and oxygen atoms in total. The molecule has 3 rings (SSSR count). The Morgan fingerprint density at radius 2 is 1.83 bits per heavy atom. The lowest BCUT2D eigenvalue weighted by Crippen LogP contribution is -2.17. The topological polar surface area (TPSA) is 72.0 Å². The van der Waals surface area contributed by atoms with Crippen molar-refractivity contribution in [1.82, 2.24) is 9.97 Å². The van der Waals surface area contributed by atoms with Gasteiger partial charge in [0.2, 0.25) is 0 Å². The molecule has 0 bridgehead atoms. The Morgan fingerprint density at radius 1 is 1.13 bits per heavy atom. The highest BCUT2D eigenvalue weighted by atomic mass is 16.5. The van der Waals surface area contributed by atoms with Crippen LogP contribution in [0.3, 0.4) is 0 Å². The van der Waals surface area contributed by atoms with Crippen molar-refractivity contribution in [3.8, 4) is 0 Å². The van der Waals surface area contributed by atoms with Gasteiger partial charge in [-0.05, 0) is 37.6 Å². The van der Waals surface area contributed by atoms with Crippen molar-refractivity contribution in [2.24, 2.45) is 0 Å². The second-order valence-corrected chi connectivity index (χ2v) is 5.33. The SMILES string of the molecule is Cc1ccccc1C(=O)O[C@@H](C)c1nc2ccccc2c(=O)[nH]1. The van der Waals surface area contributed by atoms with E-state index in [0.29, 0.717) is 22.3 Å². The van der Waals surface area contributed by atoms with Crippen LogP contribution in [0.15, 0.2) is 53.3 Å². The van der Waals surface area contributed by atoms with Gasteiger partial charge in [0.25, 0.3) is 5.56 Å². The molecule has 23 heavy (non-hydrogen) atoms. The van der Waals surface area contributed by atoms with Gasteiger partial charge in [-0.3, -0.25) is 4.79 Å². The number of carbonyl (C=O) groups excluding carboxylic acids is 1. The van der Waals surface area contributed by atoms with Crippen LogP contribution in [-0.2, 0) is 4.74 Å². The van der Waals surface area contributed by atoms with Crippen molar-refractivity contribution in [1.29, 1.82) is 0 Å². The molecule has 0 aliphatic heterocycles. The van der Waals surface area contributed by atoms with Crippen LogP contribution in [0.4, 0.5) is 0 Å². The molecule has 5 heteroatoms. The minimum atomic E-state index is -0.653. The first-order valence-electron chi connectivity index (χ1n) is 7.32. The summed E-state index contributed by atoms with van der Waals surface area (Å²) >= 11 is 0. The fourth-order valence-corrected chi connectivity index (χ4v) is 2.38. The maximum absolute atomic E-state index is 12.3. The number of benzene rings is 2. The number of nitrogens with one attached hydrogen (secondary N) is 1. The summed E-state index contributed by atoms with van der Waals surface area (Å²) in [5.74, 6) is -0.109. The summed E-state index contributed by atoms with van der Waals surface area (Å²) in [6, 6.07) is 14.2. The molecule has 0 amide bonds. The molecule has 1 aromatic heterocycles. The Morgan fingerprint density at radius 3 is 2.61 bits per heavy atom. The molecular weight excluding hydrogens is 292 g/mol. The van der Waals surface area contributed by atoms with Crippen LogP contribution in [0.5, 0.6) is 0 Å². The Labute approximate surface area is 133 Å². The van der Waals surface area contributed by atoms with E-state index in [9.17, 15) is 9.59 Å². The molecule has 3 aromatic rings. The molecule has 0 radical (unpaired) electrons. The van der Waals surface area contributed by atoms with Gasteiger partial charge in [0.05, 0.1) is 16.5 Å². The Bertz CT molecular complexity index is 931. The number of hydrogen-bond acceptors (Lipinski definition) is 4. The Kier molecular flexibility index (Phi) is 3.93. The molecule has 0 aliphatic carbocycles. The fourth-order valence-electron chi connectivity index (χ4n) is 2.38. The van der Waals surface area contributed by atoms with E-state index in [1.54, 1.807) is 37.3 Å². The van der Waals surface area contributed by atoms with E-state index in [1.807, 2.05) is 25.1 Å². The van der Waals surface area contributed by atoms with E-state index < -0.39 is 12.1 Å². The zero-order chi connectivity index (χ0) is 16.4. The lowest BCUT2D eigenvalue weighted by Gasteiger charge is -2.14. The summed E-state index contributed by atoms with van der Waals surface area (Å²) in [5, 5.41) is 0.508. The van der Waals surface area contributed by atoms with E-state index >= 15 is 0 Å². The second kappa shape index (κ2) is 6.04. The van der Waals surface area contributed by atoms with E-state index in [1.165, 1.54) is 0 Å². The number of aromatic nitrogens is 2. The molecular formula is C18H16N2O3. The van der Waals surface area contributed by atoms with Gasteiger partial charge in [0.1, 0.15) is 0 Å². The predicted octanol–water partition coefficient (Wildman–Crippen LogP) is 3.15. The molecule has 1 N–H and O–H groups in total. The number of aryl methyl sites for hydroxylation is 1. The van der Waals surface area contributed by atoms with Crippen LogP contribution in [-0.4, -0.2) is 15.9 Å². The van der Waals surface area contributed by atoms with Gasteiger partial charge in [-0.1, -0.05) is 30.3 Å². The molecule has 0 saturated heterocycles. The number of fused-ring (bicyclic) bond motifs is 1. The maximum atomic E-state index is 12.3. The Hall–Kier alpha value is -2.95. The Balaban J connectivity index is 1.89. The molecule has 0 fully saturated rings. The molecule has 0 spiro atoms. The zero-order valence-electron chi connectivity index (χ0n) is 12.9. The van der Waals surface area contributed by atoms with Crippen molar-refractivity contribution < 1.29 is 9.53 Å². The average Bonchev–Trinajstić information content (AvgIpc) is 2.55. The third kappa shape index (κ3) is 2.99. The van der Waals surface area contributed by atoms with Gasteiger partial charge in [-0.2, -0.15) is 0 Å². The van der Waals surface area contributed by atoms with Crippen LogP contribution < -0.4 is 5.56 Å². The number of ether oxygens (including phenoxy) is 1. The zero-order valence-corrected chi connectivity index (χ0v) is 12.9. The lowest BCUT2D eigenvalue weighted by molar-refractivity contribution is 0.0319. The third-order valence-electron chi connectivity index (χ3n) is 3.67. The summed E-state index contributed by atoms with van der Waals surface area (Å²) in [7, 11) is 0. The first kappa shape index (κ1) is 15.0. The number of carbonyl (C=O) groups is 1. The number of nitrogens with zero attached hydrogens (tertiary/aromatic N) is 1. The number of para-hydroxylation sites is 1. The molecule has 2 aromatic carbocycles. The molecule has 116 valence electrons. The van der Waals surface area contributed by atoms with Gasteiger partial charge in [-0.15, -0.1) is 0 Å². The summed E-state index contributed by atoms with van der Waals surface area (Å²) in [5.41, 5.74) is 1.67. The highest BCUT2D eigenvalue weighted by Crippen LogP contribution is 2.17. The van der Waals surface area contributed by atoms with Crippen molar-refractivity contribution >= 4 is 16.9 Å². The summed E-state index contributed by atoms with van der Waals surface area (Å²) in [6.45, 7) is 3.53. The van der Waals surface area contributed by atoms with Crippen LogP contribution >= 0.6 is 0 Å². The van der Waals surface area contributed by atoms with Crippen LogP contribution in [0, 0.1) is 6.92 Å². The first-order chi connectivity index (χ1) is 11.1. The number of H-pyrrole nitrogens is 1. The minimum Gasteiger partial charge on any atom is -0.451 e. The fraction of sp³-hybridized carbons (Fsp3) is 0.167. The highest BCUT2D eigenvalue weighted by Gasteiger charge is 2.17. The maximum Gasteiger partial charge on any atom is 0.339 e.